The first kappa shape index (κ1) is 11.4. The van der Waals surface area contributed by atoms with E-state index in [2.05, 4.69) is 0 Å². The minimum absolute atomic E-state index is 0.378. The Kier molecular flexibility index (Phi) is 3.12. The van der Waals surface area contributed by atoms with Crippen molar-refractivity contribution in [2.45, 2.75) is 18.2 Å². The third-order valence-corrected chi connectivity index (χ3v) is 4.66. The van der Waals surface area contributed by atoms with E-state index in [4.69, 9.17) is 0 Å². The van der Waals surface area contributed by atoms with Crippen LogP contribution in [0.15, 0.2) is 46.9 Å². The molecule has 0 aliphatic carbocycles. The van der Waals surface area contributed by atoms with Gasteiger partial charge in [-0.15, -0.1) is 0 Å². The zero-order chi connectivity index (χ0) is 11.6. The van der Waals surface area contributed by atoms with Crippen LogP contribution in [-0.4, -0.2) is 25.8 Å². The first-order valence-electron chi connectivity index (χ1n) is 5.31. The third kappa shape index (κ3) is 2.18. The molecule has 0 fully saturated rings. The van der Waals surface area contributed by atoms with Crippen molar-refractivity contribution in [3.8, 4) is 0 Å². The Morgan fingerprint density at radius 1 is 1.19 bits per heavy atom. The highest BCUT2D eigenvalue weighted by Gasteiger charge is 2.24. The second-order valence-corrected chi connectivity index (χ2v) is 5.91. The lowest BCUT2D eigenvalue weighted by molar-refractivity contribution is 0.431. The quantitative estimate of drug-likeness (QED) is 0.738. The highest BCUT2D eigenvalue weighted by molar-refractivity contribution is 7.89. The van der Waals surface area contributed by atoms with Crippen molar-refractivity contribution in [1.82, 2.24) is 4.31 Å². The van der Waals surface area contributed by atoms with Gasteiger partial charge in [-0.05, 0) is 25.5 Å². The van der Waals surface area contributed by atoms with Crippen LogP contribution >= 0.6 is 0 Å². The van der Waals surface area contributed by atoms with E-state index in [1.165, 1.54) is 9.88 Å². The minimum atomic E-state index is -3.30. The summed E-state index contributed by atoms with van der Waals surface area (Å²) < 4.78 is 25.9. The molecule has 1 heterocycles. The maximum atomic E-state index is 12.2. The van der Waals surface area contributed by atoms with Crippen LogP contribution < -0.4 is 0 Å². The fourth-order valence-corrected chi connectivity index (χ4v) is 3.11. The van der Waals surface area contributed by atoms with Crippen LogP contribution in [0, 0.1) is 0 Å². The normalized spacial score (nSPS) is 18.2. The second kappa shape index (κ2) is 4.39. The highest BCUT2D eigenvalue weighted by Crippen LogP contribution is 2.19. The van der Waals surface area contributed by atoms with Crippen molar-refractivity contribution >= 4 is 10.0 Å². The Hall–Kier alpha value is -1.13. The van der Waals surface area contributed by atoms with Crippen molar-refractivity contribution in [2.24, 2.45) is 0 Å². The average molecular weight is 237 g/mol. The number of rotatable bonds is 2. The third-order valence-electron chi connectivity index (χ3n) is 2.78. The van der Waals surface area contributed by atoms with Crippen molar-refractivity contribution < 1.29 is 8.42 Å². The van der Waals surface area contributed by atoms with E-state index >= 15 is 0 Å². The van der Waals surface area contributed by atoms with Crippen LogP contribution in [-0.2, 0) is 10.0 Å². The molecule has 0 aromatic heterocycles. The molecule has 0 atom stereocenters. The minimum Gasteiger partial charge on any atom is -0.207 e. The Bertz CT molecular complexity index is 491. The molecule has 3 nitrogen and oxygen atoms in total. The fraction of sp³-hybridized carbons (Fsp3) is 0.333. The second-order valence-electron chi connectivity index (χ2n) is 3.98. The molecule has 0 N–H and O–H groups in total. The van der Waals surface area contributed by atoms with Gasteiger partial charge in [-0.2, -0.15) is 4.31 Å². The summed E-state index contributed by atoms with van der Waals surface area (Å²) in [7, 11) is -3.30. The van der Waals surface area contributed by atoms with Gasteiger partial charge in [-0.3, -0.25) is 0 Å². The van der Waals surface area contributed by atoms with E-state index < -0.39 is 10.0 Å². The van der Waals surface area contributed by atoms with E-state index in [0.717, 1.165) is 6.42 Å². The molecule has 0 saturated heterocycles. The van der Waals surface area contributed by atoms with Gasteiger partial charge in [0.2, 0.25) is 10.0 Å². The molecule has 0 bridgehead atoms. The smallest absolute Gasteiger partial charge is 0.207 e. The molecular formula is C12H15NO2S. The van der Waals surface area contributed by atoms with Crippen LogP contribution in [0.1, 0.15) is 13.3 Å². The summed E-state index contributed by atoms with van der Waals surface area (Å²) in [6.07, 6.45) is 2.80. The number of hydrogen-bond acceptors (Lipinski definition) is 2. The first-order chi connectivity index (χ1) is 7.60. The van der Waals surface area contributed by atoms with Crippen LogP contribution in [0.5, 0.6) is 0 Å². The first-order valence-corrected chi connectivity index (χ1v) is 6.75. The molecule has 16 heavy (non-hydrogen) atoms. The zero-order valence-electron chi connectivity index (χ0n) is 9.26. The summed E-state index contributed by atoms with van der Waals surface area (Å²) >= 11 is 0. The number of benzene rings is 1. The molecule has 1 aromatic rings. The standard InChI is InChI=1S/C12H15NO2S/c1-11-7-9-13(10-8-11)16(14,15)12-5-3-2-4-6-12/h2-7H,8-10H2,1H3. The molecule has 86 valence electrons. The zero-order valence-corrected chi connectivity index (χ0v) is 10.1. The lowest BCUT2D eigenvalue weighted by Gasteiger charge is -2.24. The Morgan fingerprint density at radius 2 is 1.88 bits per heavy atom. The predicted octanol–water partition coefficient (Wildman–Crippen LogP) is 2.03. The number of nitrogens with zero attached hydrogens (tertiary/aromatic N) is 1. The average Bonchev–Trinajstić information content (AvgIpc) is 2.31. The van der Waals surface area contributed by atoms with E-state index in [9.17, 15) is 8.42 Å². The van der Waals surface area contributed by atoms with Crippen molar-refractivity contribution in [3.63, 3.8) is 0 Å². The van der Waals surface area contributed by atoms with Gasteiger partial charge < -0.3 is 0 Å². The molecule has 1 aliphatic rings. The topological polar surface area (TPSA) is 37.4 Å². The predicted molar refractivity (Wildman–Crippen MR) is 63.6 cm³/mol. The van der Waals surface area contributed by atoms with Crippen LogP contribution in [0.25, 0.3) is 0 Å². The van der Waals surface area contributed by atoms with Gasteiger partial charge in [0.1, 0.15) is 0 Å². The summed E-state index contributed by atoms with van der Waals surface area (Å²) in [5.41, 5.74) is 1.26. The van der Waals surface area contributed by atoms with E-state index in [1.807, 2.05) is 19.1 Å². The van der Waals surface area contributed by atoms with Gasteiger partial charge >= 0.3 is 0 Å². The maximum absolute atomic E-state index is 12.2. The lowest BCUT2D eigenvalue weighted by atomic mass is 10.1. The molecule has 0 unspecified atom stereocenters. The molecule has 0 radical (unpaired) electrons. The molecule has 2 rings (SSSR count). The van der Waals surface area contributed by atoms with E-state index in [1.54, 1.807) is 24.3 Å². The fourth-order valence-electron chi connectivity index (χ4n) is 1.71. The lowest BCUT2D eigenvalue weighted by Crippen LogP contribution is -2.34. The Morgan fingerprint density at radius 3 is 2.44 bits per heavy atom. The summed E-state index contributed by atoms with van der Waals surface area (Å²) in [5, 5.41) is 0. The number of sulfonamides is 1. The van der Waals surface area contributed by atoms with Crippen molar-refractivity contribution in [2.75, 3.05) is 13.1 Å². The van der Waals surface area contributed by atoms with Crippen LogP contribution in [0.3, 0.4) is 0 Å². The maximum Gasteiger partial charge on any atom is 0.243 e. The van der Waals surface area contributed by atoms with E-state index in [-0.39, 0.29) is 0 Å². The SMILES string of the molecule is CC1=CCN(S(=O)(=O)c2ccccc2)CC1. The summed E-state index contributed by atoms with van der Waals surface area (Å²) in [6, 6.07) is 8.59. The van der Waals surface area contributed by atoms with Gasteiger partial charge in [0.15, 0.2) is 0 Å². The van der Waals surface area contributed by atoms with Crippen LogP contribution in [0.2, 0.25) is 0 Å². The van der Waals surface area contributed by atoms with Gasteiger partial charge in [-0.1, -0.05) is 29.8 Å². The molecule has 0 amide bonds. The Balaban J connectivity index is 2.28. The summed E-state index contributed by atoms with van der Waals surface area (Å²) in [5.74, 6) is 0. The van der Waals surface area contributed by atoms with Gasteiger partial charge in [-0.25, -0.2) is 8.42 Å². The number of hydrogen-bond donors (Lipinski definition) is 0. The molecular weight excluding hydrogens is 222 g/mol. The van der Waals surface area contributed by atoms with E-state index in [0.29, 0.717) is 18.0 Å². The molecule has 1 aliphatic heterocycles. The van der Waals surface area contributed by atoms with Gasteiger partial charge in [0, 0.05) is 13.1 Å². The molecule has 0 saturated carbocycles. The monoisotopic (exact) mass is 237 g/mol. The highest BCUT2D eigenvalue weighted by atomic mass is 32.2. The van der Waals surface area contributed by atoms with Gasteiger partial charge in [0.25, 0.3) is 0 Å². The summed E-state index contributed by atoms with van der Waals surface area (Å²) in [6.45, 7) is 3.11. The van der Waals surface area contributed by atoms with Crippen molar-refractivity contribution in [1.29, 1.82) is 0 Å². The molecule has 1 aromatic carbocycles. The Labute approximate surface area is 96.4 Å². The van der Waals surface area contributed by atoms with Crippen molar-refractivity contribution in [3.05, 3.63) is 42.0 Å². The van der Waals surface area contributed by atoms with Crippen LogP contribution in [0.4, 0.5) is 0 Å². The van der Waals surface area contributed by atoms with Gasteiger partial charge in [0.05, 0.1) is 4.90 Å². The summed E-state index contributed by atoms with van der Waals surface area (Å²) in [4.78, 5) is 0.378. The molecule has 0 spiro atoms. The molecule has 4 heteroatoms. The largest absolute Gasteiger partial charge is 0.243 e.